The standard InChI is InChI=1S/C13H16O4/c1-4-17-12(15)11(14)9-5-7-10(8-6-9)13(2,3)16/h5-8,16H,4H2,1-3H3. The highest BCUT2D eigenvalue weighted by Crippen LogP contribution is 2.19. The van der Waals surface area contributed by atoms with Gasteiger partial charge in [-0.1, -0.05) is 24.3 Å². The number of carbonyl (C=O) groups excluding carboxylic acids is 2. The fourth-order valence-corrected chi connectivity index (χ4v) is 1.34. The molecule has 0 amide bonds. The van der Waals surface area contributed by atoms with Gasteiger partial charge >= 0.3 is 5.97 Å². The summed E-state index contributed by atoms with van der Waals surface area (Å²) < 4.78 is 4.62. The summed E-state index contributed by atoms with van der Waals surface area (Å²) in [5.74, 6) is -1.53. The normalized spacial score (nSPS) is 11.1. The summed E-state index contributed by atoms with van der Waals surface area (Å²) in [7, 11) is 0. The molecule has 0 saturated carbocycles. The second-order valence-corrected chi connectivity index (χ2v) is 4.19. The van der Waals surface area contributed by atoms with Gasteiger partial charge in [0.25, 0.3) is 5.78 Å². The van der Waals surface area contributed by atoms with Gasteiger partial charge in [0.05, 0.1) is 12.2 Å². The third-order valence-corrected chi connectivity index (χ3v) is 2.31. The largest absolute Gasteiger partial charge is 0.460 e. The molecule has 4 heteroatoms. The molecule has 0 heterocycles. The molecule has 0 fully saturated rings. The maximum Gasteiger partial charge on any atom is 0.379 e. The van der Waals surface area contributed by atoms with Gasteiger partial charge in [0, 0.05) is 5.56 Å². The van der Waals surface area contributed by atoms with Crippen molar-refractivity contribution in [2.75, 3.05) is 6.61 Å². The monoisotopic (exact) mass is 236 g/mol. The molecule has 0 aromatic heterocycles. The van der Waals surface area contributed by atoms with Crippen LogP contribution in [0.1, 0.15) is 36.7 Å². The van der Waals surface area contributed by atoms with E-state index in [1.165, 1.54) is 12.1 Å². The topological polar surface area (TPSA) is 63.6 Å². The molecule has 0 aliphatic heterocycles. The number of hydrogen-bond donors (Lipinski definition) is 1. The van der Waals surface area contributed by atoms with Gasteiger partial charge in [-0.25, -0.2) is 4.79 Å². The molecular formula is C13H16O4. The first-order valence-electron chi connectivity index (χ1n) is 5.40. The molecule has 1 aromatic rings. The lowest BCUT2D eigenvalue weighted by molar-refractivity contribution is -0.137. The van der Waals surface area contributed by atoms with Crippen LogP contribution in [0, 0.1) is 0 Å². The van der Waals surface area contributed by atoms with E-state index in [-0.39, 0.29) is 12.2 Å². The van der Waals surface area contributed by atoms with Gasteiger partial charge < -0.3 is 9.84 Å². The van der Waals surface area contributed by atoms with Gasteiger partial charge in [0.15, 0.2) is 0 Å². The van der Waals surface area contributed by atoms with Crippen LogP contribution in [-0.2, 0) is 15.1 Å². The van der Waals surface area contributed by atoms with Crippen molar-refractivity contribution in [3.8, 4) is 0 Å². The lowest BCUT2D eigenvalue weighted by Gasteiger charge is -2.17. The Labute approximate surface area is 100 Å². The van der Waals surface area contributed by atoms with Crippen molar-refractivity contribution < 1.29 is 19.4 Å². The lowest BCUT2D eigenvalue weighted by atomic mass is 9.96. The Bertz CT molecular complexity index is 412. The molecule has 17 heavy (non-hydrogen) atoms. The highest BCUT2D eigenvalue weighted by molar-refractivity contribution is 6.40. The number of ketones is 1. The van der Waals surface area contributed by atoms with Crippen molar-refractivity contribution in [2.45, 2.75) is 26.4 Å². The summed E-state index contributed by atoms with van der Waals surface area (Å²) in [6.07, 6.45) is 0. The minimum atomic E-state index is -0.967. The van der Waals surface area contributed by atoms with Gasteiger partial charge in [0.1, 0.15) is 0 Å². The molecular weight excluding hydrogens is 220 g/mol. The van der Waals surface area contributed by atoms with Gasteiger partial charge in [0.2, 0.25) is 0 Å². The van der Waals surface area contributed by atoms with Crippen molar-refractivity contribution in [1.82, 2.24) is 0 Å². The van der Waals surface area contributed by atoms with Crippen LogP contribution in [0.2, 0.25) is 0 Å². The Kier molecular flexibility index (Phi) is 4.02. The van der Waals surface area contributed by atoms with Crippen LogP contribution in [0.25, 0.3) is 0 Å². The summed E-state index contributed by atoms with van der Waals surface area (Å²) in [5.41, 5.74) is -0.0275. The molecule has 1 N–H and O–H groups in total. The summed E-state index contributed by atoms with van der Waals surface area (Å²) >= 11 is 0. The summed E-state index contributed by atoms with van der Waals surface area (Å²) in [6, 6.07) is 6.25. The van der Waals surface area contributed by atoms with Crippen LogP contribution >= 0.6 is 0 Å². The molecule has 0 unspecified atom stereocenters. The van der Waals surface area contributed by atoms with E-state index in [0.717, 1.165) is 0 Å². The zero-order chi connectivity index (χ0) is 13.1. The van der Waals surface area contributed by atoms with Crippen molar-refractivity contribution in [1.29, 1.82) is 0 Å². The lowest BCUT2D eigenvalue weighted by Crippen LogP contribution is -2.19. The fourth-order valence-electron chi connectivity index (χ4n) is 1.34. The molecule has 0 spiro atoms. The number of ether oxygens (including phenoxy) is 1. The van der Waals surface area contributed by atoms with Crippen LogP contribution < -0.4 is 0 Å². The van der Waals surface area contributed by atoms with E-state index in [1.807, 2.05) is 0 Å². The van der Waals surface area contributed by atoms with Crippen LogP contribution in [0.5, 0.6) is 0 Å². The van der Waals surface area contributed by atoms with Crippen molar-refractivity contribution >= 4 is 11.8 Å². The molecule has 0 aliphatic rings. The fraction of sp³-hybridized carbons (Fsp3) is 0.385. The molecule has 0 radical (unpaired) electrons. The van der Waals surface area contributed by atoms with E-state index in [9.17, 15) is 14.7 Å². The van der Waals surface area contributed by atoms with E-state index in [0.29, 0.717) is 5.56 Å². The van der Waals surface area contributed by atoms with E-state index in [2.05, 4.69) is 4.74 Å². The Morgan fingerprint density at radius 1 is 1.24 bits per heavy atom. The molecule has 0 bridgehead atoms. The average Bonchev–Trinajstić information content (AvgIpc) is 2.27. The van der Waals surface area contributed by atoms with E-state index in [1.54, 1.807) is 32.9 Å². The van der Waals surface area contributed by atoms with Crippen LogP contribution in [0.3, 0.4) is 0 Å². The minimum absolute atomic E-state index is 0.173. The Morgan fingerprint density at radius 3 is 2.18 bits per heavy atom. The second kappa shape index (κ2) is 5.10. The molecule has 0 saturated heterocycles. The molecule has 1 aromatic carbocycles. The van der Waals surface area contributed by atoms with Gasteiger partial charge in [-0.05, 0) is 26.3 Å². The third kappa shape index (κ3) is 3.39. The number of Topliss-reactive ketones (excluding diaryl/α,β-unsaturated/α-hetero) is 1. The Morgan fingerprint density at radius 2 is 1.76 bits per heavy atom. The van der Waals surface area contributed by atoms with Crippen LogP contribution in [-0.4, -0.2) is 23.5 Å². The number of rotatable bonds is 4. The molecule has 0 aliphatic carbocycles. The highest BCUT2D eigenvalue weighted by atomic mass is 16.5. The van der Waals surface area contributed by atoms with Gasteiger partial charge in [-0.15, -0.1) is 0 Å². The first kappa shape index (κ1) is 13.4. The van der Waals surface area contributed by atoms with Crippen LogP contribution in [0.15, 0.2) is 24.3 Å². The SMILES string of the molecule is CCOC(=O)C(=O)c1ccc(C(C)(C)O)cc1. The highest BCUT2D eigenvalue weighted by Gasteiger charge is 2.19. The van der Waals surface area contributed by atoms with Crippen molar-refractivity contribution in [3.63, 3.8) is 0 Å². The van der Waals surface area contributed by atoms with Crippen molar-refractivity contribution in [2.24, 2.45) is 0 Å². The maximum absolute atomic E-state index is 11.6. The first-order valence-corrected chi connectivity index (χ1v) is 5.40. The number of esters is 1. The average molecular weight is 236 g/mol. The summed E-state index contributed by atoms with van der Waals surface area (Å²) in [5, 5.41) is 9.74. The quantitative estimate of drug-likeness (QED) is 0.490. The number of carbonyl (C=O) groups is 2. The second-order valence-electron chi connectivity index (χ2n) is 4.19. The predicted molar refractivity (Wildman–Crippen MR) is 62.7 cm³/mol. The molecule has 1 rings (SSSR count). The predicted octanol–water partition coefficient (Wildman–Crippen LogP) is 1.66. The summed E-state index contributed by atoms with van der Waals surface area (Å²) in [4.78, 5) is 22.8. The van der Waals surface area contributed by atoms with Crippen LogP contribution in [0.4, 0.5) is 0 Å². The zero-order valence-corrected chi connectivity index (χ0v) is 10.2. The molecule has 0 atom stereocenters. The molecule has 92 valence electrons. The number of benzene rings is 1. The Hall–Kier alpha value is -1.68. The number of aliphatic hydroxyl groups is 1. The maximum atomic E-state index is 11.6. The minimum Gasteiger partial charge on any atom is -0.460 e. The van der Waals surface area contributed by atoms with Crippen molar-refractivity contribution in [3.05, 3.63) is 35.4 Å². The van der Waals surface area contributed by atoms with Gasteiger partial charge in [-0.3, -0.25) is 4.79 Å². The van der Waals surface area contributed by atoms with Gasteiger partial charge in [-0.2, -0.15) is 0 Å². The Balaban J connectivity index is 2.88. The smallest absolute Gasteiger partial charge is 0.379 e. The zero-order valence-electron chi connectivity index (χ0n) is 10.2. The number of hydrogen-bond acceptors (Lipinski definition) is 4. The molecule has 4 nitrogen and oxygen atoms in total. The van der Waals surface area contributed by atoms with E-state index in [4.69, 9.17) is 0 Å². The third-order valence-electron chi connectivity index (χ3n) is 2.31. The van der Waals surface area contributed by atoms with E-state index < -0.39 is 17.4 Å². The van der Waals surface area contributed by atoms with E-state index >= 15 is 0 Å². The first-order chi connectivity index (χ1) is 7.86. The summed E-state index contributed by atoms with van der Waals surface area (Å²) in [6.45, 7) is 5.11.